The number of nitrogens with two attached hydrogens (primary N) is 1. The van der Waals surface area contributed by atoms with Crippen LogP contribution in [0.15, 0.2) is 55.6 Å². The summed E-state index contributed by atoms with van der Waals surface area (Å²) in [5, 5.41) is 69.8. The SMILES string of the molecule is CCC(O)CC.CCC(O)CC.CCC(O)CC.CCC(O)Cn1cnc(=N)c2[nH]cnc21.CCC(O)Cn1cnc2c(N)ncnc21.CCC(O)c1ccccc1.CCCO. The van der Waals surface area contributed by atoms with Crippen LogP contribution in [0.3, 0.4) is 0 Å². The molecular formula is C45H82N10O7. The Hall–Kier alpha value is -4.36. The van der Waals surface area contributed by atoms with Crippen LogP contribution in [0, 0.1) is 5.41 Å². The lowest BCUT2D eigenvalue weighted by Gasteiger charge is -2.10. The minimum atomic E-state index is -0.409. The molecule has 5 rings (SSSR count). The second-order valence-corrected chi connectivity index (χ2v) is 14.3. The second-order valence-electron chi connectivity index (χ2n) is 14.3. The highest BCUT2D eigenvalue weighted by molar-refractivity contribution is 5.81. The van der Waals surface area contributed by atoms with Gasteiger partial charge in [-0.2, -0.15) is 0 Å². The quantitative estimate of drug-likeness (QED) is 0.0561. The summed E-state index contributed by atoms with van der Waals surface area (Å²) in [6, 6.07) is 9.70. The zero-order chi connectivity index (χ0) is 47.5. The van der Waals surface area contributed by atoms with Crippen LogP contribution in [0.4, 0.5) is 5.82 Å². The molecule has 11 N–H and O–H groups in total. The average Bonchev–Trinajstić information content (AvgIpc) is 3.99. The number of benzene rings is 1. The van der Waals surface area contributed by atoms with E-state index in [-0.39, 0.29) is 29.9 Å². The summed E-state index contributed by atoms with van der Waals surface area (Å²) in [4.78, 5) is 22.9. The number of rotatable bonds is 15. The standard InChI is InChI=1S/2C9H13N5O.C9H12O.3C5H12O.C3H8O/c1-2-6(15)3-14-5-13-7-8(10)11-4-12-9(7)14;1-2-6(15)3-14-5-13-8(10)7-9(14)12-4-11-7;1-2-9(10)8-6-4-3-5-7-8;3*1-3-5(6)4-2;1-2-3-4/h4-6,15H,2-3H2,1H3,(H2,10,11,12);4-6,10,15H,2-3H2,1H3,(H,11,12);3-7,9-10H,2H2,1H3;3*5-6H,3-4H2,1-2H3;4H,2-3H2,1H3. The number of nitrogens with zero attached hydrogens (tertiary/aromatic N) is 7. The molecule has 17 heteroatoms. The first-order valence-electron chi connectivity index (χ1n) is 22.2. The summed E-state index contributed by atoms with van der Waals surface area (Å²) in [5.41, 5.74) is 9.32. The minimum Gasteiger partial charge on any atom is -0.396 e. The Morgan fingerprint density at radius 1 is 0.581 bits per heavy atom. The Balaban J connectivity index is 0. The molecule has 1 aromatic carbocycles. The van der Waals surface area contributed by atoms with Gasteiger partial charge in [-0.25, -0.2) is 24.9 Å². The van der Waals surface area contributed by atoms with Crippen molar-refractivity contribution in [3.8, 4) is 0 Å². The Bertz CT molecular complexity index is 1790. The first-order chi connectivity index (χ1) is 29.6. The molecule has 3 unspecified atom stereocenters. The van der Waals surface area contributed by atoms with Gasteiger partial charge in [-0.05, 0) is 69.8 Å². The van der Waals surface area contributed by atoms with Crippen LogP contribution >= 0.6 is 0 Å². The topological polar surface area (TPSA) is 282 Å². The van der Waals surface area contributed by atoms with Crippen LogP contribution in [0.25, 0.3) is 22.3 Å². The molecule has 0 aliphatic rings. The smallest absolute Gasteiger partial charge is 0.173 e. The molecule has 0 amide bonds. The number of nitrogens with one attached hydrogen (secondary N) is 2. The third-order valence-corrected chi connectivity index (χ3v) is 9.26. The van der Waals surface area contributed by atoms with E-state index in [2.05, 4.69) is 29.9 Å². The van der Waals surface area contributed by atoms with Crippen LogP contribution in [0.2, 0.25) is 0 Å². The molecule has 0 saturated carbocycles. The number of nitrogen functional groups attached to an aromatic ring is 1. The van der Waals surface area contributed by atoms with Crippen LogP contribution < -0.4 is 11.2 Å². The van der Waals surface area contributed by atoms with Crippen LogP contribution in [0.5, 0.6) is 0 Å². The minimum absolute atomic E-state index is 0.0648. The van der Waals surface area contributed by atoms with Crippen LogP contribution in [-0.4, -0.2) is 112 Å². The average molecular weight is 875 g/mol. The van der Waals surface area contributed by atoms with Crippen molar-refractivity contribution in [1.82, 2.24) is 39.0 Å². The van der Waals surface area contributed by atoms with Crippen molar-refractivity contribution in [2.75, 3.05) is 12.3 Å². The van der Waals surface area contributed by atoms with E-state index in [1.807, 2.05) is 99.6 Å². The first-order valence-corrected chi connectivity index (χ1v) is 22.2. The van der Waals surface area contributed by atoms with E-state index in [9.17, 15) is 15.3 Å². The number of anilines is 1. The summed E-state index contributed by atoms with van der Waals surface area (Å²) in [6.45, 7) is 20.9. The number of aliphatic hydroxyl groups is 7. The number of aromatic nitrogens is 8. The largest absolute Gasteiger partial charge is 0.396 e. The van der Waals surface area contributed by atoms with Crippen molar-refractivity contribution in [2.24, 2.45) is 0 Å². The van der Waals surface area contributed by atoms with Gasteiger partial charge in [0.25, 0.3) is 0 Å². The fourth-order valence-electron chi connectivity index (χ4n) is 4.58. The normalized spacial score (nSPS) is 11.9. The highest BCUT2D eigenvalue weighted by atomic mass is 16.3. The van der Waals surface area contributed by atoms with E-state index in [0.717, 1.165) is 56.9 Å². The summed E-state index contributed by atoms with van der Waals surface area (Å²) in [7, 11) is 0. The highest BCUT2D eigenvalue weighted by Crippen LogP contribution is 2.15. The van der Waals surface area contributed by atoms with E-state index in [4.69, 9.17) is 31.6 Å². The van der Waals surface area contributed by atoms with Crippen molar-refractivity contribution < 1.29 is 35.7 Å². The number of H-pyrrole nitrogens is 1. The predicted octanol–water partition coefficient (Wildman–Crippen LogP) is 6.21. The summed E-state index contributed by atoms with van der Waals surface area (Å²) >= 11 is 0. The van der Waals surface area contributed by atoms with Gasteiger partial charge >= 0.3 is 0 Å². The molecule has 354 valence electrons. The van der Waals surface area contributed by atoms with Gasteiger partial charge in [0.05, 0.1) is 68.7 Å². The lowest BCUT2D eigenvalue weighted by atomic mass is 10.1. The van der Waals surface area contributed by atoms with Gasteiger partial charge in [-0.15, -0.1) is 0 Å². The second kappa shape index (κ2) is 37.2. The van der Waals surface area contributed by atoms with Crippen molar-refractivity contribution in [2.45, 2.75) is 183 Å². The van der Waals surface area contributed by atoms with Gasteiger partial charge in [0.1, 0.15) is 17.4 Å². The monoisotopic (exact) mass is 875 g/mol. The summed E-state index contributed by atoms with van der Waals surface area (Å²) in [5.74, 6) is 0.365. The molecule has 17 nitrogen and oxygen atoms in total. The number of imidazole rings is 2. The van der Waals surface area contributed by atoms with Crippen molar-refractivity contribution in [1.29, 1.82) is 5.41 Å². The van der Waals surface area contributed by atoms with Crippen LogP contribution in [0.1, 0.15) is 145 Å². The van der Waals surface area contributed by atoms with Crippen LogP contribution in [-0.2, 0) is 13.1 Å². The van der Waals surface area contributed by atoms with E-state index in [1.165, 1.54) is 19.0 Å². The zero-order valence-electron chi connectivity index (χ0n) is 39.2. The molecule has 0 fully saturated rings. The van der Waals surface area contributed by atoms with Gasteiger partial charge < -0.3 is 55.6 Å². The van der Waals surface area contributed by atoms with Crippen molar-refractivity contribution in [3.63, 3.8) is 0 Å². The maximum Gasteiger partial charge on any atom is 0.173 e. The zero-order valence-corrected chi connectivity index (χ0v) is 39.2. The maximum atomic E-state index is 9.54. The Morgan fingerprint density at radius 2 is 1.02 bits per heavy atom. The molecule has 4 heterocycles. The molecule has 0 saturated heterocycles. The Kier molecular flexibility index (Phi) is 35.9. The predicted molar refractivity (Wildman–Crippen MR) is 249 cm³/mol. The van der Waals surface area contributed by atoms with Crippen molar-refractivity contribution >= 4 is 28.1 Å². The third kappa shape index (κ3) is 25.5. The lowest BCUT2D eigenvalue weighted by molar-refractivity contribution is 0.150. The van der Waals surface area contributed by atoms with Gasteiger partial charge in [0.2, 0.25) is 0 Å². The molecular weight excluding hydrogens is 793 g/mol. The molecule has 4 aromatic heterocycles. The molecule has 5 aromatic rings. The lowest BCUT2D eigenvalue weighted by Crippen LogP contribution is -2.19. The molecule has 0 aliphatic heterocycles. The number of aromatic amines is 1. The Labute approximate surface area is 369 Å². The Morgan fingerprint density at radius 3 is 1.42 bits per heavy atom. The number of fused-ring (bicyclic) bond motifs is 2. The first kappa shape index (κ1) is 59.7. The number of hydrogen-bond acceptors (Lipinski definition) is 14. The molecule has 3 atom stereocenters. The molecule has 62 heavy (non-hydrogen) atoms. The number of hydrogen-bond donors (Lipinski definition) is 10. The molecule has 0 aliphatic carbocycles. The summed E-state index contributed by atoms with van der Waals surface area (Å²) in [6.07, 6.45) is 13.1. The maximum absolute atomic E-state index is 9.54. The third-order valence-electron chi connectivity index (χ3n) is 9.26. The molecule has 0 spiro atoms. The van der Waals surface area contributed by atoms with Gasteiger partial charge in [-0.3, -0.25) is 5.41 Å². The number of aliphatic hydroxyl groups excluding tert-OH is 7. The van der Waals surface area contributed by atoms with E-state index < -0.39 is 12.2 Å². The summed E-state index contributed by atoms with van der Waals surface area (Å²) < 4.78 is 3.53. The van der Waals surface area contributed by atoms with Gasteiger partial charge in [0.15, 0.2) is 22.6 Å². The van der Waals surface area contributed by atoms with E-state index in [0.29, 0.717) is 60.7 Å². The fourth-order valence-corrected chi connectivity index (χ4v) is 4.58. The van der Waals surface area contributed by atoms with E-state index >= 15 is 0 Å². The highest BCUT2D eigenvalue weighted by Gasteiger charge is 2.10. The van der Waals surface area contributed by atoms with Gasteiger partial charge in [0, 0.05) is 6.61 Å². The molecule has 0 radical (unpaired) electrons. The molecule has 0 bridgehead atoms. The van der Waals surface area contributed by atoms with Crippen molar-refractivity contribution in [3.05, 3.63) is 66.7 Å². The van der Waals surface area contributed by atoms with Gasteiger partial charge in [-0.1, -0.05) is 99.6 Å². The van der Waals surface area contributed by atoms with E-state index in [1.54, 1.807) is 15.5 Å². The fraction of sp³-hybridized carbons (Fsp3) is 0.644.